The van der Waals surface area contributed by atoms with E-state index in [1.807, 2.05) is 44.2 Å². The van der Waals surface area contributed by atoms with Crippen molar-refractivity contribution >= 4 is 11.8 Å². The van der Waals surface area contributed by atoms with Crippen LogP contribution < -0.4 is 10.1 Å². The first kappa shape index (κ1) is 19.9. The quantitative estimate of drug-likeness (QED) is 0.807. The number of carbonyl (C=O) groups is 2. The maximum atomic E-state index is 13.0. The number of methoxy groups -OCH3 is 1. The molecule has 0 radical (unpaired) electrons. The summed E-state index contributed by atoms with van der Waals surface area (Å²) >= 11 is 0. The lowest BCUT2D eigenvalue weighted by Crippen LogP contribution is -2.51. The minimum Gasteiger partial charge on any atom is -0.493 e. The molecule has 1 aliphatic rings. The van der Waals surface area contributed by atoms with Gasteiger partial charge in [0.1, 0.15) is 0 Å². The predicted molar refractivity (Wildman–Crippen MR) is 106 cm³/mol. The summed E-state index contributed by atoms with van der Waals surface area (Å²) in [6.07, 6.45) is 1.72. The Morgan fingerprint density at radius 2 is 1.82 bits per heavy atom. The number of rotatable bonds is 6. The summed E-state index contributed by atoms with van der Waals surface area (Å²) in [5.74, 6) is 0.309. The van der Waals surface area contributed by atoms with Crippen molar-refractivity contribution in [3.63, 3.8) is 0 Å². The van der Waals surface area contributed by atoms with Crippen LogP contribution in [-0.2, 0) is 4.79 Å². The summed E-state index contributed by atoms with van der Waals surface area (Å²) in [7, 11) is 1.54. The van der Waals surface area contributed by atoms with E-state index in [0.29, 0.717) is 44.2 Å². The van der Waals surface area contributed by atoms with Gasteiger partial charge >= 0.3 is 0 Å². The molecule has 0 spiro atoms. The van der Waals surface area contributed by atoms with Gasteiger partial charge in [0.05, 0.1) is 25.5 Å². The van der Waals surface area contributed by atoms with Crippen molar-refractivity contribution in [1.82, 2.24) is 24.9 Å². The second-order valence-corrected chi connectivity index (χ2v) is 7.12. The molecule has 1 aromatic carbocycles. The Balaban J connectivity index is 1.64. The number of piperazine rings is 1. The van der Waals surface area contributed by atoms with Crippen molar-refractivity contribution < 1.29 is 14.3 Å². The lowest BCUT2D eigenvalue weighted by Gasteiger charge is -2.34. The van der Waals surface area contributed by atoms with Gasteiger partial charge in [0.25, 0.3) is 5.91 Å². The Hall–Kier alpha value is -2.87. The summed E-state index contributed by atoms with van der Waals surface area (Å²) in [6.45, 7) is 6.64. The van der Waals surface area contributed by atoms with Crippen LogP contribution in [0.5, 0.6) is 5.75 Å². The van der Waals surface area contributed by atoms with Crippen LogP contribution in [0.1, 0.15) is 24.3 Å². The van der Waals surface area contributed by atoms with Gasteiger partial charge in [0.2, 0.25) is 5.91 Å². The number of aromatic nitrogens is 2. The zero-order valence-corrected chi connectivity index (χ0v) is 16.6. The Kier molecular flexibility index (Phi) is 6.30. The maximum Gasteiger partial charge on any atom is 0.278 e. The summed E-state index contributed by atoms with van der Waals surface area (Å²) in [5.41, 5.74) is 1.16. The van der Waals surface area contributed by atoms with E-state index in [1.54, 1.807) is 15.8 Å². The molecule has 2 heterocycles. The fraction of sp³-hybridized carbons (Fsp3) is 0.450. The minimum absolute atomic E-state index is 0.0121. The third kappa shape index (κ3) is 4.69. The molecule has 3 rings (SSSR count). The van der Waals surface area contributed by atoms with Gasteiger partial charge in [-0.1, -0.05) is 18.2 Å². The van der Waals surface area contributed by atoms with Gasteiger partial charge in [-0.25, -0.2) is 4.68 Å². The highest BCUT2D eigenvalue weighted by atomic mass is 16.5. The van der Waals surface area contributed by atoms with Gasteiger partial charge in [-0.15, -0.1) is 0 Å². The van der Waals surface area contributed by atoms with Gasteiger partial charge < -0.3 is 15.0 Å². The van der Waals surface area contributed by atoms with Gasteiger partial charge in [0, 0.05) is 32.2 Å². The smallest absolute Gasteiger partial charge is 0.278 e. The van der Waals surface area contributed by atoms with E-state index in [1.165, 1.54) is 7.11 Å². The molecule has 0 unspecified atom stereocenters. The molecule has 0 bridgehead atoms. The van der Waals surface area contributed by atoms with Gasteiger partial charge in [-0.05, 0) is 26.0 Å². The molecule has 0 saturated carbocycles. The van der Waals surface area contributed by atoms with Crippen molar-refractivity contribution in [2.45, 2.75) is 19.9 Å². The molecule has 1 aromatic heterocycles. The van der Waals surface area contributed by atoms with Crippen LogP contribution in [0.3, 0.4) is 0 Å². The van der Waals surface area contributed by atoms with Crippen LogP contribution in [0.15, 0.2) is 36.5 Å². The highest BCUT2D eigenvalue weighted by Crippen LogP contribution is 2.21. The molecule has 2 amide bonds. The molecule has 8 nitrogen and oxygen atoms in total. The third-order valence-corrected chi connectivity index (χ3v) is 4.60. The number of para-hydroxylation sites is 1. The van der Waals surface area contributed by atoms with Crippen LogP contribution in [0.25, 0.3) is 5.69 Å². The minimum atomic E-state index is -0.155. The van der Waals surface area contributed by atoms with E-state index in [2.05, 4.69) is 15.3 Å². The van der Waals surface area contributed by atoms with Crippen LogP contribution >= 0.6 is 0 Å². The largest absolute Gasteiger partial charge is 0.493 e. The number of nitrogens with zero attached hydrogens (tertiary/aromatic N) is 4. The number of amides is 2. The van der Waals surface area contributed by atoms with E-state index in [0.717, 1.165) is 5.69 Å². The topological polar surface area (TPSA) is 79.7 Å². The SMILES string of the molecule is COc1cn(-c2ccccc2)nc1C(=O)N1CCN(CC(=O)NC(C)C)CC1. The van der Waals surface area contributed by atoms with E-state index >= 15 is 0 Å². The Morgan fingerprint density at radius 3 is 2.43 bits per heavy atom. The number of ether oxygens (including phenoxy) is 1. The number of hydrogen-bond donors (Lipinski definition) is 1. The van der Waals surface area contributed by atoms with Crippen LogP contribution in [0.4, 0.5) is 0 Å². The average Bonchev–Trinajstić information content (AvgIpc) is 3.12. The molecular weight excluding hydrogens is 358 g/mol. The van der Waals surface area contributed by atoms with Gasteiger partial charge in [0.15, 0.2) is 11.4 Å². The molecule has 1 saturated heterocycles. The molecule has 8 heteroatoms. The molecule has 1 N–H and O–H groups in total. The van der Waals surface area contributed by atoms with E-state index in [9.17, 15) is 9.59 Å². The van der Waals surface area contributed by atoms with Gasteiger partial charge in [-0.2, -0.15) is 5.10 Å². The summed E-state index contributed by atoms with van der Waals surface area (Å²) in [6, 6.07) is 9.72. The molecule has 28 heavy (non-hydrogen) atoms. The Morgan fingerprint density at radius 1 is 1.14 bits per heavy atom. The number of carbonyl (C=O) groups excluding carboxylic acids is 2. The zero-order valence-electron chi connectivity index (χ0n) is 16.6. The average molecular weight is 385 g/mol. The summed E-state index contributed by atoms with van der Waals surface area (Å²) < 4.78 is 7.03. The van der Waals surface area contributed by atoms with Crippen LogP contribution in [0.2, 0.25) is 0 Å². The zero-order chi connectivity index (χ0) is 20.1. The molecule has 150 valence electrons. The first-order valence-corrected chi connectivity index (χ1v) is 9.48. The second-order valence-electron chi connectivity index (χ2n) is 7.12. The molecule has 0 atom stereocenters. The first-order chi connectivity index (χ1) is 13.5. The van der Waals surface area contributed by atoms with Crippen molar-refractivity contribution in [1.29, 1.82) is 0 Å². The highest BCUT2D eigenvalue weighted by Gasteiger charge is 2.27. The standard InChI is InChI=1S/C20H27N5O3/c1-15(2)21-18(26)14-23-9-11-24(12-10-23)20(27)19-17(28-3)13-25(22-19)16-7-5-4-6-8-16/h4-8,13,15H,9-12,14H2,1-3H3,(H,21,26). The maximum absolute atomic E-state index is 13.0. The van der Waals surface area contributed by atoms with Crippen LogP contribution in [0, 0.1) is 0 Å². The normalized spacial score (nSPS) is 14.9. The van der Waals surface area contributed by atoms with Crippen LogP contribution in [-0.4, -0.2) is 77.3 Å². The van der Waals surface area contributed by atoms with Crippen molar-refractivity contribution in [2.24, 2.45) is 0 Å². The molecular formula is C20H27N5O3. The first-order valence-electron chi connectivity index (χ1n) is 9.48. The fourth-order valence-corrected chi connectivity index (χ4v) is 3.20. The molecule has 1 aliphatic heterocycles. The number of hydrogen-bond acceptors (Lipinski definition) is 5. The lowest BCUT2D eigenvalue weighted by atomic mass is 10.2. The fourth-order valence-electron chi connectivity index (χ4n) is 3.20. The van der Waals surface area contributed by atoms with E-state index in [4.69, 9.17) is 4.74 Å². The predicted octanol–water partition coefficient (Wildman–Crippen LogP) is 1.16. The molecule has 0 aliphatic carbocycles. The van der Waals surface area contributed by atoms with E-state index in [-0.39, 0.29) is 17.9 Å². The molecule has 1 fully saturated rings. The lowest BCUT2D eigenvalue weighted by molar-refractivity contribution is -0.123. The summed E-state index contributed by atoms with van der Waals surface area (Å²) in [5, 5.41) is 7.34. The number of benzene rings is 1. The Labute approximate surface area is 165 Å². The summed E-state index contributed by atoms with van der Waals surface area (Å²) in [4.78, 5) is 28.7. The van der Waals surface area contributed by atoms with Crippen molar-refractivity contribution in [2.75, 3.05) is 39.8 Å². The number of nitrogens with one attached hydrogen (secondary N) is 1. The second kappa shape index (κ2) is 8.88. The van der Waals surface area contributed by atoms with Gasteiger partial charge in [-0.3, -0.25) is 14.5 Å². The monoisotopic (exact) mass is 385 g/mol. The van der Waals surface area contributed by atoms with Crippen molar-refractivity contribution in [3.8, 4) is 11.4 Å². The molecule has 2 aromatic rings. The Bertz CT molecular complexity index is 811. The third-order valence-electron chi connectivity index (χ3n) is 4.60. The highest BCUT2D eigenvalue weighted by molar-refractivity contribution is 5.95. The van der Waals surface area contributed by atoms with Crippen molar-refractivity contribution in [3.05, 3.63) is 42.2 Å². The van der Waals surface area contributed by atoms with E-state index < -0.39 is 0 Å².